The first-order valence-corrected chi connectivity index (χ1v) is 7.57. The van der Waals surface area contributed by atoms with Gasteiger partial charge in [-0.05, 0) is 36.4 Å². The van der Waals surface area contributed by atoms with Gasteiger partial charge in [-0.3, -0.25) is 0 Å². The van der Waals surface area contributed by atoms with Crippen LogP contribution >= 0.6 is 11.6 Å². The van der Waals surface area contributed by atoms with Gasteiger partial charge in [0, 0.05) is 5.02 Å². The third kappa shape index (κ3) is 2.72. The minimum absolute atomic E-state index is 0.0518. The van der Waals surface area contributed by atoms with Crippen molar-refractivity contribution in [3.63, 3.8) is 0 Å². The minimum Gasteiger partial charge on any atom is -0.382 e. The third-order valence-electron chi connectivity index (χ3n) is 3.52. The lowest BCUT2D eigenvalue weighted by atomic mass is 10.2. The predicted octanol–water partition coefficient (Wildman–Crippen LogP) is 3.36. The van der Waals surface area contributed by atoms with Gasteiger partial charge in [-0.15, -0.1) is 5.10 Å². The van der Waals surface area contributed by atoms with Gasteiger partial charge in [-0.2, -0.15) is 9.67 Å². The van der Waals surface area contributed by atoms with E-state index in [-0.39, 0.29) is 28.8 Å². The molecule has 7 nitrogen and oxygen atoms in total. The molecule has 0 atom stereocenters. The second-order valence-corrected chi connectivity index (χ2v) is 5.55. The van der Waals surface area contributed by atoms with Gasteiger partial charge in [0.15, 0.2) is 11.5 Å². The molecule has 0 spiro atoms. The molecule has 0 aliphatic carbocycles. The summed E-state index contributed by atoms with van der Waals surface area (Å²) in [6.45, 7) is 0. The molecule has 0 bridgehead atoms. The topological polar surface area (TPSA) is 95.7 Å². The first kappa shape index (κ1) is 15.3. The van der Waals surface area contributed by atoms with Gasteiger partial charge >= 0.3 is 0 Å². The number of nitrogens with zero attached hydrogens (tertiary/aromatic N) is 5. The molecule has 0 saturated heterocycles. The summed E-state index contributed by atoms with van der Waals surface area (Å²) in [6, 6.07) is 13.0. The van der Waals surface area contributed by atoms with Crippen LogP contribution in [0.25, 0.3) is 28.7 Å². The highest BCUT2D eigenvalue weighted by atomic mass is 35.5. The van der Waals surface area contributed by atoms with E-state index in [1.807, 2.05) is 0 Å². The first-order valence-electron chi connectivity index (χ1n) is 7.19. The number of nitrogens with two attached hydrogens (primary N) is 1. The molecule has 0 aliphatic heterocycles. The van der Waals surface area contributed by atoms with Crippen LogP contribution in [0.4, 0.5) is 10.2 Å². The summed E-state index contributed by atoms with van der Waals surface area (Å²) in [7, 11) is 0. The molecule has 0 saturated carbocycles. The Hall–Kier alpha value is -3.26. The summed E-state index contributed by atoms with van der Waals surface area (Å²) in [4.78, 5) is 4.16. The van der Waals surface area contributed by atoms with E-state index in [1.165, 1.54) is 10.7 Å². The fourth-order valence-corrected chi connectivity index (χ4v) is 2.41. The smallest absolute Gasteiger partial charge is 0.282 e. The summed E-state index contributed by atoms with van der Waals surface area (Å²) in [5.74, 6) is -0.0804. The molecule has 25 heavy (non-hydrogen) atoms. The number of benzene rings is 2. The number of halogens is 2. The van der Waals surface area contributed by atoms with Crippen LogP contribution in [0.2, 0.25) is 5.02 Å². The van der Waals surface area contributed by atoms with Crippen molar-refractivity contribution in [1.82, 2.24) is 25.1 Å². The van der Waals surface area contributed by atoms with Crippen molar-refractivity contribution in [2.75, 3.05) is 5.73 Å². The van der Waals surface area contributed by atoms with Crippen LogP contribution in [-0.2, 0) is 0 Å². The zero-order chi connectivity index (χ0) is 17.4. The molecule has 4 aromatic rings. The van der Waals surface area contributed by atoms with Gasteiger partial charge in [0.2, 0.25) is 5.82 Å². The number of anilines is 1. The second kappa shape index (κ2) is 5.99. The van der Waals surface area contributed by atoms with Gasteiger partial charge in [0.25, 0.3) is 5.89 Å². The Bertz CT molecular complexity index is 1040. The summed E-state index contributed by atoms with van der Waals surface area (Å²) >= 11 is 5.87. The summed E-state index contributed by atoms with van der Waals surface area (Å²) in [5, 5.41) is 12.3. The monoisotopic (exact) mass is 356 g/mol. The van der Waals surface area contributed by atoms with Crippen LogP contribution < -0.4 is 5.73 Å². The van der Waals surface area contributed by atoms with E-state index < -0.39 is 5.82 Å². The fraction of sp³-hybridized carbons (Fsp3) is 0. The van der Waals surface area contributed by atoms with Gasteiger partial charge < -0.3 is 10.3 Å². The van der Waals surface area contributed by atoms with E-state index in [0.717, 1.165) is 0 Å². The van der Waals surface area contributed by atoms with Gasteiger partial charge in [-0.1, -0.05) is 34.1 Å². The number of rotatable bonds is 3. The van der Waals surface area contributed by atoms with Gasteiger partial charge in [0.1, 0.15) is 5.82 Å². The Morgan fingerprint density at radius 1 is 1.08 bits per heavy atom. The lowest BCUT2D eigenvalue weighted by molar-refractivity contribution is 0.430. The highest BCUT2D eigenvalue weighted by molar-refractivity contribution is 6.30. The molecule has 9 heteroatoms. The maximum atomic E-state index is 13.8. The number of aromatic nitrogens is 5. The van der Waals surface area contributed by atoms with E-state index in [2.05, 4.69) is 20.5 Å². The fourth-order valence-electron chi connectivity index (χ4n) is 2.29. The standard InChI is InChI=1S/C16H10ClFN6O/c17-9-5-7-10(8-6-9)24-14(19)13(21-23-24)16-20-15(22-25-16)11-3-1-2-4-12(11)18/h1-8H,19H2. The molecule has 0 amide bonds. The van der Waals surface area contributed by atoms with Crippen LogP contribution in [0.1, 0.15) is 0 Å². The van der Waals surface area contributed by atoms with Crippen LogP contribution in [0.3, 0.4) is 0 Å². The Labute approximate surface area is 145 Å². The second-order valence-electron chi connectivity index (χ2n) is 5.11. The van der Waals surface area contributed by atoms with Crippen molar-refractivity contribution in [2.24, 2.45) is 0 Å². The van der Waals surface area contributed by atoms with E-state index in [4.69, 9.17) is 21.9 Å². The number of nitrogen functional groups attached to an aromatic ring is 1. The Kier molecular flexibility index (Phi) is 3.66. The van der Waals surface area contributed by atoms with Crippen molar-refractivity contribution >= 4 is 17.4 Å². The zero-order valence-corrected chi connectivity index (χ0v) is 13.4. The summed E-state index contributed by atoms with van der Waals surface area (Å²) in [5.41, 5.74) is 7.20. The molecular formula is C16H10ClFN6O. The van der Waals surface area contributed by atoms with E-state index >= 15 is 0 Å². The predicted molar refractivity (Wildman–Crippen MR) is 89.5 cm³/mol. The molecule has 0 aliphatic rings. The highest BCUT2D eigenvalue weighted by Gasteiger charge is 2.20. The molecular weight excluding hydrogens is 347 g/mol. The molecule has 124 valence electrons. The molecule has 4 rings (SSSR count). The highest BCUT2D eigenvalue weighted by Crippen LogP contribution is 2.27. The van der Waals surface area contributed by atoms with Gasteiger partial charge in [0.05, 0.1) is 11.3 Å². The van der Waals surface area contributed by atoms with Crippen molar-refractivity contribution < 1.29 is 8.91 Å². The van der Waals surface area contributed by atoms with Crippen molar-refractivity contribution in [3.05, 3.63) is 59.4 Å². The molecule has 0 fully saturated rings. The SMILES string of the molecule is Nc1c(-c2nc(-c3ccccc3F)no2)nnn1-c1ccc(Cl)cc1. The third-order valence-corrected chi connectivity index (χ3v) is 3.77. The van der Waals surface area contributed by atoms with Gasteiger partial charge in [-0.25, -0.2) is 4.39 Å². The normalized spacial score (nSPS) is 11.0. The van der Waals surface area contributed by atoms with Crippen molar-refractivity contribution in [1.29, 1.82) is 0 Å². The van der Waals surface area contributed by atoms with Crippen LogP contribution in [-0.4, -0.2) is 25.1 Å². The molecule has 2 aromatic carbocycles. The maximum Gasteiger partial charge on any atom is 0.282 e. The molecule has 2 heterocycles. The first-order chi connectivity index (χ1) is 12.1. The molecule has 2 aromatic heterocycles. The summed E-state index contributed by atoms with van der Waals surface area (Å²) in [6.07, 6.45) is 0. The molecule has 0 radical (unpaired) electrons. The summed E-state index contributed by atoms with van der Waals surface area (Å²) < 4.78 is 20.4. The molecule has 2 N–H and O–H groups in total. The van der Waals surface area contributed by atoms with E-state index in [0.29, 0.717) is 10.7 Å². The Balaban J connectivity index is 1.72. The minimum atomic E-state index is -0.451. The lowest BCUT2D eigenvalue weighted by Crippen LogP contribution is -2.02. The average molecular weight is 357 g/mol. The van der Waals surface area contributed by atoms with E-state index in [1.54, 1.807) is 42.5 Å². The Morgan fingerprint density at radius 3 is 2.60 bits per heavy atom. The average Bonchev–Trinajstić information content (AvgIpc) is 3.23. The quantitative estimate of drug-likeness (QED) is 0.604. The van der Waals surface area contributed by atoms with Crippen molar-refractivity contribution in [2.45, 2.75) is 0 Å². The Morgan fingerprint density at radius 2 is 1.84 bits per heavy atom. The van der Waals surface area contributed by atoms with Crippen molar-refractivity contribution in [3.8, 4) is 28.7 Å². The van der Waals surface area contributed by atoms with E-state index in [9.17, 15) is 4.39 Å². The number of hydrogen-bond acceptors (Lipinski definition) is 6. The van der Waals surface area contributed by atoms with Crippen LogP contribution in [0, 0.1) is 5.82 Å². The lowest BCUT2D eigenvalue weighted by Gasteiger charge is -2.02. The largest absolute Gasteiger partial charge is 0.382 e. The molecule has 0 unspecified atom stereocenters. The zero-order valence-electron chi connectivity index (χ0n) is 12.6. The van der Waals surface area contributed by atoms with Crippen LogP contribution in [0.15, 0.2) is 53.1 Å². The number of hydrogen-bond donors (Lipinski definition) is 1. The maximum absolute atomic E-state index is 13.8. The van der Waals surface area contributed by atoms with Crippen LogP contribution in [0.5, 0.6) is 0 Å².